The van der Waals surface area contributed by atoms with Gasteiger partial charge in [0.05, 0.1) is 13.0 Å². The molecule has 1 heterocycles. The van der Waals surface area contributed by atoms with Crippen molar-refractivity contribution >= 4 is 18.3 Å². The molecule has 0 spiro atoms. The molecule has 0 amide bonds. The number of benzene rings is 1. The van der Waals surface area contributed by atoms with Crippen molar-refractivity contribution in [3.05, 3.63) is 35.9 Å². The Labute approximate surface area is 356 Å². The normalized spacial score (nSPS) is 13.8. The maximum Gasteiger partial charge on any atom is 0.304 e. The number of hydrogen-bond acceptors (Lipinski definition) is 4. The molecule has 1 aliphatic rings. The predicted octanol–water partition coefficient (Wildman–Crippen LogP) is 13.4. The Morgan fingerprint density at radius 1 is 0.632 bits per heavy atom. The number of nitrogens with one attached hydrogen (secondary N) is 1. The van der Waals surface area contributed by atoms with E-state index in [2.05, 4.69) is 206 Å². The molecule has 6 nitrogen and oxygen atoms in total. The maximum absolute atomic E-state index is 10.6. The van der Waals surface area contributed by atoms with Crippen LogP contribution in [0.4, 0.5) is 0 Å². The van der Waals surface area contributed by atoms with Crippen LogP contribution in [0.1, 0.15) is 216 Å². The zero-order valence-corrected chi connectivity index (χ0v) is 42.4. The molecule has 1 aliphatic heterocycles. The third-order valence-corrected chi connectivity index (χ3v) is 7.69. The fourth-order valence-electron chi connectivity index (χ4n) is 4.54. The van der Waals surface area contributed by atoms with Gasteiger partial charge in [-0.05, 0) is 82.0 Å². The third-order valence-electron chi connectivity index (χ3n) is 7.69. The van der Waals surface area contributed by atoms with Crippen molar-refractivity contribution in [3.8, 4) is 0 Å². The number of carbonyl (C=O) groups is 2. The second-order valence-electron chi connectivity index (χ2n) is 25.1. The maximum atomic E-state index is 10.6. The first-order valence-electron chi connectivity index (χ1n) is 21.9. The molecule has 2 N–H and O–H groups in total. The summed E-state index contributed by atoms with van der Waals surface area (Å²) in [4.78, 5) is 21.0. The second kappa shape index (κ2) is 28.2. The summed E-state index contributed by atoms with van der Waals surface area (Å²) >= 11 is 0. The van der Waals surface area contributed by atoms with Crippen molar-refractivity contribution < 1.29 is 24.4 Å². The van der Waals surface area contributed by atoms with Gasteiger partial charge in [-0.15, -0.1) is 0 Å². The molecule has 0 bridgehead atoms. The van der Waals surface area contributed by atoms with Gasteiger partial charge in [-0.3, -0.25) is 14.7 Å². The van der Waals surface area contributed by atoms with E-state index in [0.29, 0.717) is 38.9 Å². The molecular formula is C51H100N2O4. The average Bonchev–Trinajstić information content (AvgIpc) is 3.46. The minimum Gasteiger partial charge on any atom is -0.550 e. The van der Waals surface area contributed by atoms with E-state index in [9.17, 15) is 14.7 Å². The quantitative estimate of drug-likeness (QED) is 0.230. The topological polar surface area (TPSA) is 92.5 Å². The van der Waals surface area contributed by atoms with Crippen LogP contribution in [0.25, 0.3) is 0 Å². The highest BCUT2D eigenvalue weighted by Gasteiger charge is 2.18. The van der Waals surface area contributed by atoms with Crippen LogP contribution in [0.2, 0.25) is 0 Å². The van der Waals surface area contributed by atoms with Gasteiger partial charge >= 0.3 is 5.97 Å². The molecule has 0 saturated heterocycles. The monoisotopic (exact) mass is 805 g/mol. The Bertz CT molecular complexity index is 1150. The van der Waals surface area contributed by atoms with Crippen LogP contribution in [-0.4, -0.2) is 47.6 Å². The fraction of sp³-hybridized carbons (Fsp3) is 0.824. The molecule has 0 aliphatic carbocycles. The molecular weight excluding hydrogens is 705 g/mol. The van der Waals surface area contributed by atoms with Crippen LogP contribution in [0.3, 0.4) is 0 Å². The molecule has 0 radical (unpaired) electrons. The van der Waals surface area contributed by atoms with Gasteiger partial charge in [-0.1, -0.05) is 196 Å². The second-order valence-corrected chi connectivity index (χ2v) is 25.1. The van der Waals surface area contributed by atoms with E-state index in [1.54, 1.807) is 0 Å². The van der Waals surface area contributed by atoms with Gasteiger partial charge in [-0.2, -0.15) is 0 Å². The Hall–Kier alpha value is -2.37. The zero-order valence-electron chi connectivity index (χ0n) is 42.4. The van der Waals surface area contributed by atoms with E-state index in [1.165, 1.54) is 44.3 Å². The average molecular weight is 805 g/mol. The SMILES string of the molecule is CC(C)(C)C.CC(C)(C)C.CC(C)(C)CCC(C)(C)C.CC(C)(C)CCCC(CC(=O)O)C(=O)[O-].CC(C)(C)CCC[N+]1=CNCC1.CC(C)(C)c1ccccc1. The van der Waals surface area contributed by atoms with E-state index >= 15 is 0 Å². The summed E-state index contributed by atoms with van der Waals surface area (Å²) in [5, 5.41) is 22.3. The van der Waals surface area contributed by atoms with Crippen molar-refractivity contribution in [2.24, 2.45) is 38.4 Å². The van der Waals surface area contributed by atoms with Crippen molar-refractivity contribution in [2.45, 2.75) is 216 Å². The first-order chi connectivity index (χ1) is 25.1. The molecule has 0 fully saturated rings. The number of rotatable bonds is 10. The highest BCUT2D eigenvalue weighted by Crippen LogP contribution is 2.29. The largest absolute Gasteiger partial charge is 0.550 e. The fourth-order valence-corrected chi connectivity index (χ4v) is 4.54. The van der Waals surface area contributed by atoms with Crippen molar-refractivity contribution in [3.63, 3.8) is 0 Å². The summed E-state index contributed by atoms with van der Waals surface area (Å²) in [5.74, 6) is -3.20. The Morgan fingerprint density at radius 3 is 1.26 bits per heavy atom. The lowest BCUT2D eigenvalue weighted by Gasteiger charge is -2.24. The van der Waals surface area contributed by atoms with Crippen LogP contribution >= 0.6 is 0 Å². The molecule has 0 saturated carbocycles. The first-order valence-corrected chi connectivity index (χ1v) is 21.9. The summed E-state index contributed by atoms with van der Waals surface area (Å²) in [5.41, 5.74) is 4.35. The lowest BCUT2D eigenvalue weighted by Crippen LogP contribution is -2.32. The number of carbonyl (C=O) groups excluding carboxylic acids is 1. The van der Waals surface area contributed by atoms with Gasteiger partial charge in [0.15, 0.2) is 0 Å². The summed E-state index contributed by atoms with van der Waals surface area (Å²) < 4.78 is 2.37. The van der Waals surface area contributed by atoms with Gasteiger partial charge in [0.2, 0.25) is 6.34 Å². The van der Waals surface area contributed by atoms with Crippen molar-refractivity contribution in [1.29, 1.82) is 0 Å². The van der Waals surface area contributed by atoms with Gasteiger partial charge in [-0.25, -0.2) is 0 Å². The molecule has 338 valence electrons. The first kappa shape index (κ1) is 61.3. The molecule has 57 heavy (non-hydrogen) atoms. The van der Waals surface area contributed by atoms with Crippen LogP contribution in [0.5, 0.6) is 0 Å². The Kier molecular flexibility index (Phi) is 30.3. The van der Waals surface area contributed by atoms with Crippen LogP contribution in [0, 0.1) is 38.4 Å². The van der Waals surface area contributed by atoms with E-state index < -0.39 is 17.9 Å². The minimum absolute atomic E-state index is 0.152. The van der Waals surface area contributed by atoms with Crippen molar-refractivity contribution in [2.75, 3.05) is 19.6 Å². The summed E-state index contributed by atoms with van der Waals surface area (Å²) in [6, 6.07) is 10.6. The molecule has 2 rings (SSSR count). The third kappa shape index (κ3) is 63.0. The lowest BCUT2D eigenvalue weighted by molar-refractivity contribution is -0.514. The molecule has 6 heteroatoms. The van der Waals surface area contributed by atoms with E-state index in [4.69, 9.17) is 5.11 Å². The number of aliphatic carboxylic acids is 2. The van der Waals surface area contributed by atoms with Crippen LogP contribution in [-0.2, 0) is 15.0 Å². The molecule has 1 aromatic carbocycles. The summed E-state index contributed by atoms with van der Waals surface area (Å²) in [7, 11) is 0. The van der Waals surface area contributed by atoms with Gasteiger partial charge in [0, 0.05) is 11.9 Å². The van der Waals surface area contributed by atoms with Gasteiger partial charge in [0.1, 0.15) is 13.1 Å². The molecule has 1 atom stereocenters. The Morgan fingerprint density at radius 2 is 1.00 bits per heavy atom. The van der Waals surface area contributed by atoms with Crippen LogP contribution < -0.4 is 10.4 Å². The summed E-state index contributed by atoms with van der Waals surface area (Å²) in [6.07, 6.45) is 9.04. The Balaban J connectivity index is -0.000000307. The zero-order chi connectivity index (χ0) is 46.1. The number of hydrogen-bond donors (Lipinski definition) is 2. The van der Waals surface area contributed by atoms with E-state index in [0.717, 1.165) is 19.4 Å². The highest BCUT2D eigenvalue weighted by molar-refractivity contribution is 5.76. The molecule has 1 unspecified atom stereocenters. The minimum atomic E-state index is -1.26. The van der Waals surface area contributed by atoms with E-state index in [-0.39, 0.29) is 11.8 Å². The van der Waals surface area contributed by atoms with E-state index in [1.807, 2.05) is 0 Å². The molecule has 0 aromatic heterocycles. The van der Waals surface area contributed by atoms with Gasteiger partial charge < -0.3 is 15.0 Å². The molecule has 1 aromatic rings. The van der Waals surface area contributed by atoms with Crippen LogP contribution in [0.15, 0.2) is 30.3 Å². The standard InChI is InChI=1S/C11H20O4.C10H20N2.C10H14.C10H22.2C5H12/c1-11(2,3)6-4-5-8(10(14)15)7-9(12)13;1-10(2,3)5-4-7-12-8-6-11-9-12;1-10(2,3)9-7-5-4-6-8-9;1-9(2,3)7-8-10(4,5)6;2*1-5(2,3)4/h8H,4-7H2,1-3H3,(H,12,13)(H,14,15);9H,4-8H2,1-3H3;4-8H,1-3H3;7-8H2,1-6H3;2*1-4H3. The lowest BCUT2D eigenvalue weighted by atomic mass is 9.81. The summed E-state index contributed by atoms with van der Waals surface area (Å²) in [6.45, 7) is 54.6. The predicted molar refractivity (Wildman–Crippen MR) is 250 cm³/mol. The smallest absolute Gasteiger partial charge is 0.304 e. The number of carboxylic acids is 2. The number of nitrogens with zero attached hydrogens (tertiary/aromatic N) is 1. The number of carboxylic acid groups (broad SMARTS) is 2. The highest BCUT2D eigenvalue weighted by atomic mass is 16.4. The van der Waals surface area contributed by atoms with Crippen molar-refractivity contribution in [1.82, 2.24) is 5.32 Å². The van der Waals surface area contributed by atoms with Gasteiger partial charge in [0.25, 0.3) is 0 Å².